The second-order valence-corrected chi connectivity index (χ2v) is 2.53. The molecule has 74 valence electrons. The number of hydrazine groups is 1. The molecular weight excluding hydrogens is 182 g/mol. The molecule has 0 aromatic carbocycles. The molecule has 0 aromatic rings. The average molecular weight is 193 g/mol. The van der Waals surface area contributed by atoms with Crippen molar-refractivity contribution in [3.8, 4) is 0 Å². The molecule has 0 fully saturated rings. The third-order valence-corrected chi connectivity index (χ3v) is 1.58. The summed E-state index contributed by atoms with van der Waals surface area (Å²) in [6.07, 6.45) is 9.96. The Hall–Kier alpha value is -1.88. The van der Waals surface area contributed by atoms with E-state index in [-0.39, 0.29) is 5.70 Å². The minimum Gasteiger partial charge on any atom is -0.316 e. The van der Waals surface area contributed by atoms with Crippen LogP contribution in [0.4, 0.5) is 0 Å². The maximum Gasteiger partial charge on any atom is 0.293 e. The molecule has 14 heavy (non-hydrogen) atoms. The van der Waals surface area contributed by atoms with Gasteiger partial charge >= 0.3 is 0 Å². The number of nitro groups is 1. The van der Waals surface area contributed by atoms with Crippen LogP contribution >= 0.6 is 0 Å². The van der Waals surface area contributed by atoms with Crippen molar-refractivity contribution < 1.29 is 4.92 Å². The molecule has 1 aliphatic carbocycles. The summed E-state index contributed by atoms with van der Waals surface area (Å²) in [6, 6.07) is 0. The number of nitrogens with zero attached hydrogens (tertiary/aromatic N) is 1. The SMILES string of the molecule is CNNC1=CC=CC=CC=C1[N+](=O)[O-]. The summed E-state index contributed by atoms with van der Waals surface area (Å²) in [5.74, 6) is 0. The third-order valence-electron chi connectivity index (χ3n) is 1.58. The van der Waals surface area contributed by atoms with Crippen molar-refractivity contribution in [2.24, 2.45) is 0 Å². The van der Waals surface area contributed by atoms with E-state index in [4.69, 9.17) is 0 Å². The molecule has 0 saturated carbocycles. The zero-order valence-corrected chi connectivity index (χ0v) is 7.73. The fourth-order valence-electron chi connectivity index (χ4n) is 1.00. The van der Waals surface area contributed by atoms with Crippen LogP contribution < -0.4 is 10.9 Å². The summed E-state index contributed by atoms with van der Waals surface area (Å²) < 4.78 is 0. The van der Waals surface area contributed by atoms with Gasteiger partial charge in [0.15, 0.2) is 0 Å². The normalized spacial score (nSPS) is 15.2. The Bertz CT molecular complexity index is 340. The Labute approximate surface area is 81.6 Å². The van der Waals surface area contributed by atoms with E-state index in [9.17, 15) is 10.1 Å². The Morgan fingerprint density at radius 2 is 1.86 bits per heavy atom. The van der Waals surface area contributed by atoms with E-state index in [1.54, 1.807) is 37.4 Å². The van der Waals surface area contributed by atoms with Gasteiger partial charge in [-0.1, -0.05) is 24.3 Å². The zero-order valence-electron chi connectivity index (χ0n) is 7.73. The molecule has 0 bridgehead atoms. The van der Waals surface area contributed by atoms with Gasteiger partial charge in [0, 0.05) is 13.1 Å². The lowest BCUT2D eigenvalue weighted by Gasteiger charge is -2.06. The molecule has 1 aliphatic rings. The largest absolute Gasteiger partial charge is 0.316 e. The topological polar surface area (TPSA) is 67.2 Å². The fourth-order valence-corrected chi connectivity index (χ4v) is 1.00. The van der Waals surface area contributed by atoms with E-state index in [1.807, 2.05) is 0 Å². The zero-order chi connectivity index (χ0) is 10.4. The second kappa shape index (κ2) is 4.98. The van der Waals surface area contributed by atoms with Crippen LogP contribution in [0.2, 0.25) is 0 Å². The van der Waals surface area contributed by atoms with Gasteiger partial charge in [0.2, 0.25) is 0 Å². The van der Waals surface area contributed by atoms with Crippen molar-refractivity contribution in [3.63, 3.8) is 0 Å². The molecule has 0 spiro atoms. The first kappa shape index (κ1) is 10.2. The summed E-state index contributed by atoms with van der Waals surface area (Å²) in [7, 11) is 1.65. The minimum absolute atomic E-state index is 0.0277. The van der Waals surface area contributed by atoms with Gasteiger partial charge in [-0.25, -0.2) is 5.43 Å². The predicted octanol–water partition coefficient (Wildman–Crippen LogP) is 0.881. The van der Waals surface area contributed by atoms with E-state index in [1.165, 1.54) is 6.08 Å². The Kier molecular flexibility index (Phi) is 3.63. The van der Waals surface area contributed by atoms with Crippen molar-refractivity contribution in [1.82, 2.24) is 10.9 Å². The predicted molar refractivity (Wildman–Crippen MR) is 53.6 cm³/mol. The standard InChI is InChI=1S/C9H11N3O2/c1-10-11-8-6-4-2-3-5-7-9(8)12(13)14/h2-7,10-11H,1H3. The first-order chi connectivity index (χ1) is 6.75. The van der Waals surface area contributed by atoms with Gasteiger partial charge in [-0.3, -0.25) is 10.1 Å². The first-order valence-electron chi connectivity index (χ1n) is 4.08. The van der Waals surface area contributed by atoms with Crippen LogP contribution in [0.25, 0.3) is 0 Å². The molecule has 0 radical (unpaired) electrons. The number of allylic oxidation sites excluding steroid dienone is 6. The Balaban J connectivity index is 2.99. The van der Waals surface area contributed by atoms with Gasteiger partial charge in [-0.2, -0.15) is 0 Å². The highest BCUT2D eigenvalue weighted by Gasteiger charge is 2.15. The van der Waals surface area contributed by atoms with E-state index in [0.29, 0.717) is 5.70 Å². The Morgan fingerprint density at radius 3 is 2.43 bits per heavy atom. The highest BCUT2D eigenvalue weighted by atomic mass is 16.6. The van der Waals surface area contributed by atoms with E-state index in [0.717, 1.165) is 0 Å². The molecule has 5 heteroatoms. The lowest BCUT2D eigenvalue weighted by Crippen LogP contribution is -2.29. The lowest BCUT2D eigenvalue weighted by atomic mass is 10.2. The highest BCUT2D eigenvalue weighted by molar-refractivity contribution is 5.33. The van der Waals surface area contributed by atoms with E-state index >= 15 is 0 Å². The van der Waals surface area contributed by atoms with Crippen molar-refractivity contribution in [2.75, 3.05) is 7.05 Å². The van der Waals surface area contributed by atoms with Crippen molar-refractivity contribution >= 4 is 0 Å². The van der Waals surface area contributed by atoms with Crippen molar-refractivity contribution in [2.45, 2.75) is 0 Å². The summed E-state index contributed by atoms with van der Waals surface area (Å²) >= 11 is 0. The van der Waals surface area contributed by atoms with Crippen molar-refractivity contribution in [1.29, 1.82) is 0 Å². The van der Waals surface area contributed by atoms with Crippen LogP contribution in [0, 0.1) is 10.1 Å². The van der Waals surface area contributed by atoms with Gasteiger partial charge < -0.3 is 5.43 Å². The molecule has 1 rings (SSSR count). The van der Waals surface area contributed by atoms with Gasteiger partial charge in [0.05, 0.1) is 4.92 Å². The smallest absolute Gasteiger partial charge is 0.293 e. The van der Waals surface area contributed by atoms with E-state index < -0.39 is 4.92 Å². The first-order valence-corrected chi connectivity index (χ1v) is 4.08. The highest BCUT2D eigenvalue weighted by Crippen LogP contribution is 2.09. The molecule has 5 nitrogen and oxygen atoms in total. The maximum atomic E-state index is 10.7. The number of rotatable bonds is 3. The van der Waals surface area contributed by atoms with Crippen LogP contribution in [0.15, 0.2) is 47.9 Å². The molecule has 0 atom stereocenters. The molecular formula is C9H11N3O2. The number of hydrogen-bond donors (Lipinski definition) is 2. The maximum absolute atomic E-state index is 10.7. The summed E-state index contributed by atoms with van der Waals surface area (Å²) in [5.41, 5.74) is 5.81. The van der Waals surface area contributed by atoms with Gasteiger partial charge in [0.1, 0.15) is 5.70 Å². The fraction of sp³-hybridized carbons (Fsp3) is 0.111. The quantitative estimate of drug-likeness (QED) is 0.515. The van der Waals surface area contributed by atoms with Crippen LogP contribution in [0.1, 0.15) is 0 Å². The van der Waals surface area contributed by atoms with Gasteiger partial charge in [-0.15, -0.1) is 0 Å². The van der Waals surface area contributed by atoms with Gasteiger partial charge in [0.25, 0.3) is 5.70 Å². The van der Waals surface area contributed by atoms with Crippen LogP contribution in [0.5, 0.6) is 0 Å². The molecule has 0 heterocycles. The summed E-state index contributed by atoms with van der Waals surface area (Å²) in [4.78, 5) is 10.2. The van der Waals surface area contributed by atoms with Crippen LogP contribution in [-0.2, 0) is 0 Å². The second-order valence-electron chi connectivity index (χ2n) is 2.53. The van der Waals surface area contributed by atoms with E-state index in [2.05, 4.69) is 10.9 Å². The number of hydrogen-bond acceptors (Lipinski definition) is 4. The molecule has 0 aliphatic heterocycles. The monoisotopic (exact) mass is 193 g/mol. The summed E-state index contributed by atoms with van der Waals surface area (Å²) in [6.45, 7) is 0. The van der Waals surface area contributed by atoms with Crippen LogP contribution in [0.3, 0.4) is 0 Å². The number of nitrogens with one attached hydrogen (secondary N) is 2. The Morgan fingerprint density at radius 1 is 1.21 bits per heavy atom. The molecule has 0 unspecified atom stereocenters. The van der Waals surface area contributed by atoms with Crippen molar-refractivity contribution in [3.05, 3.63) is 58.0 Å². The third kappa shape index (κ3) is 2.56. The summed E-state index contributed by atoms with van der Waals surface area (Å²) in [5, 5.41) is 10.7. The van der Waals surface area contributed by atoms with Gasteiger partial charge in [-0.05, 0) is 6.08 Å². The molecule has 0 saturated heterocycles. The lowest BCUT2D eigenvalue weighted by molar-refractivity contribution is -0.421. The molecule has 0 amide bonds. The average Bonchev–Trinajstić information content (AvgIpc) is 2.09. The molecule has 0 aromatic heterocycles. The minimum atomic E-state index is -0.431. The van der Waals surface area contributed by atoms with Crippen LogP contribution in [-0.4, -0.2) is 12.0 Å². The molecule has 2 N–H and O–H groups in total.